The van der Waals surface area contributed by atoms with Crippen LogP contribution in [-0.2, 0) is 0 Å². The van der Waals surface area contributed by atoms with Crippen LogP contribution < -0.4 is 10.6 Å². The molecule has 112 valence electrons. The number of carbonyl (C=O) groups is 1. The van der Waals surface area contributed by atoms with Crippen molar-refractivity contribution in [1.29, 1.82) is 0 Å². The molecule has 0 aromatic carbocycles. The minimum Gasteiger partial charge on any atom is -0.459 e. The molecule has 5 heteroatoms. The fraction of sp³-hybridized carbons (Fsp3) is 0.625. The summed E-state index contributed by atoms with van der Waals surface area (Å²) in [4.78, 5) is 11.9. The Kier molecular flexibility index (Phi) is 3.25. The van der Waals surface area contributed by atoms with E-state index in [0.717, 1.165) is 23.7 Å². The third-order valence-electron chi connectivity index (χ3n) is 5.50. The van der Waals surface area contributed by atoms with E-state index in [1.54, 1.807) is 12.1 Å². The molecule has 4 aliphatic rings. The molecule has 1 amide bonds. The maximum absolute atomic E-state index is 11.9. The summed E-state index contributed by atoms with van der Waals surface area (Å²) in [5.74, 6) is 3.37. The molecule has 1 aromatic heterocycles. The smallest absolute Gasteiger partial charge is 0.293 e. The van der Waals surface area contributed by atoms with Crippen LogP contribution in [0.25, 0.3) is 0 Å². The average Bonchev–Trinajstić information content (AvgIpc) is 2.96. The van der Waals surface area contributed by atoms with Crippen molar-refractivity contribution in [2.45, 2.75) is 38.1 Å². The second-order valence-electron chi connectivity index (χ2n) is 6.86. The van der Waals surface area contributed by atoms with Gasteiger partial charge in [-0.2, -0.15) is 0 Å². The number of rotatable bonds is 2. The summed E-state index contributed by atoms with van der Waals surface area (Å²) in [5, 5.41) is 6.58. The van der Waals surface area contributed by atoms with Crippen molar-refractivity contribution in [3.05, 3.63) is 24.2 Å². The third-order valence-corrected chi connectivity index (χ3v) is 5.72. The highest BCUT2D eigenvalue weighted by atomic mass is 32.1. The molecule has 0 saturated heterocycles. The summed E-state index contributed by atoms with van der Waals surface area (Å²) in [6.07, 6.45) is 8.26. The molecule has 0 unspecified atom stereocenters. The predicted octanol–water partition coefficient (Wildman–Crippen LogP) is 2.71. The Morgan fingerprint density at radius 2 is 1.81 bits per heavy atom. The van der Waals surface area contributed by atoms with Crippen LogP contribution in [0.3, 0.4) is 0 Å². The normalized spacial score (nSPS) is 36.5. The monoisotopic (exact) mass is 304 g/mol. The molecular weight excluding hydrogens is 284 g/mol. The van der Waals surface area contributed by atoms with Gasteiger partial charge in [0.05, 0.1) is 6.26 Å². The van der Waals surface area contributed by atoms with Crippen molar-refractivity contribution in [3.8, 4) is 0 Å². The first kappa shape index (κ1) is 13.3. The second-order valence-corrected chi connectivity index (χ2v) is 7.27. The van der Waals surface area contributed by atoms with Crippen molar-refractivity contribution in [2.75, 3.05) is 0 Å². The molecule has 0 atom stereocenters. The highest BCUT2D eigenvalue weighted by molar-refractivity contribution is 7.80. The summed E-state index contributed by atoms with van der Waals surface area (Å²) >= 11 is 5.32. The molecule has 1 aromatic rings. The van der Waals surface area contributed by atoms with Crippen molar-refractivity contribution >= 4 is 23.2 Å². The molecule has 0 aliphatic heterocycles. The van der Waals surface area contributed by atoms with Crippen molar-refractivity contribution < 1.29 is 9.21 Å². The summed E-state index contributed by atoms with van der Waals surface area (Å²) in [6, 6.07) is 3.78. The fourth-order valence-corrected chi connectivity index (χ4v) is 5.15. The zero-order chi connectivity index (χ0) is 14.4. The number of hydrogen-bond donors (Lipinski definition) is 2. The maximum Gasteiger partial charge on any atom is 0.293 e. The topological polar surface area (TPSA) is 54.3 Å². The number of thiocarbonyl (C=S) groups is 1. The molecule has 5 rings (SSSR count). The van der Waals surface area contributed by atoms with E-state index in [2.05, 4.69) is 10.6 Å². The highest BCUT2D eigenvalue weighted by Gasteiger charge is 2.48. The van der Waals surface area contributed by atoms with Crippen LogP contribution >= 0.6 is 12.2 Å². The summed E-state index contributed by atoms with van der Waals surface area (Å²) in [7, 11) is 0. The standard InChI is InChI=1S/C16H20N2O2S/c19-15(13-2-1-3-20-13)18-16(21)17-14-11-5-9-4-10(7-11)8-12(14)6-9/h1-3,9-12,14H,4-8H2,(H2,17,18,19,21). The van der Waals surface area contributed by atoms with Gasteiger partial charge in [-0.05, 0) is 80.1 Å². The number of amides is 1. The lowest BCUT2D eigenvalue weighted by molar-refractivity contribution is -0.00692. The molecule has 4 bridgehead atoms. The Labute approximate surface area is 129 Å². The molecule has 4 nitrogen and oxygen atoms in total. The average molecular weight is 304 g/mol. The van der Waals surface area contributed by atoms with Gasteiger partial charge in [0.2, 0.25) is 0 Å². The molecule has 2 N–H and O–H groups in total. The van der Waals surface area contributed by atoms with Crippen LogP contribution in [0.15, 0.2) is 22.8 Å². The zero-order valence-electron chi connectivity index (χ0n) is 11.9. The van der Waals surface area contributed by atoms with Crippen LogP contribution in [-0.4, -0.2) is 17.1 Å². The van der Waals surface area contributed by atoms with Gasteiger partial charge in [-0.1, -0.05) is 0 Å². The molecule has 0 radical (unpaired) electrons. The van der Waals surface area contributed by atoms with Gasteiger partial charge in [0.15, 0.2) is 10.9 Å². The molecule has 21 heavy (non-hydrogen) atoms. The molecule has 4 aliphatic carbocycles. The van der Waals surface area contributed by atoms with Gasteiger partial charge < -0.3 is 9.73 Å². The first-order valence-corrected chi connectivity index (χ1v) is 8.25. The number of nitrogens with one attached hydrogen (secondary N) is 2. The largest absolute Gasteiger partial charge is 0.459 e. The molecule has 4 saturated carbocycles. The number of hydrogen-bond acceptors (Lipinski definition) is 3. The van der Waals surface area contributed by atoms with E-state index in [9.17, 15) is 4.79 Å². The van der Waals surface area contributed by atoms with Crippen LogP contribution in [0, 0.1) is 23.7 Å². The Morgan fingerprint density at radius 3 is 2.38 bits per heavy atom. The van der Waals surface area contributed by atoms with E-state index in [1.165, 1.54) is 38.4 Å². The minimum absolute atomic E-state index is 0.277. The lowest BCUT2D eigenvalue weighted by Crippen LogP contribution is -2.57. The van der Waals surface area contributed by atoms with Crippen LogP contribution in [0.5, 0.6) is 0 Å². The summed E-state index contributed by atoms with van der Waals surface area (Å²) < 4.78 is 5.08. The molecular formula is C16H20N2O2S. The number of furan rings is 1. The quantitative estimate of drug-likeness (QED) is 0.825. The van der Waals surface area contributed by atoms with Crippen molar-refractivity contribution in [3.63, 3.8) is 0 Å². The van der Waals surface area contributed by atoms with Gasteiger partial charge in [0.1, 0.15) is 0 Å². The van der Waals surface area contributed by atoms with Gasteiger partial charge in [0, 0.05) is 6.04 Å². The molecule has 0 spiro atoms. The number of carbonyl (C=O) groups excluding carboxylic acids is 1. The Balaban J connectivity index is 1.38. The van der Waals surface area contributed by atoms with Gasteiger partial charge in [-0.25, -0.2) is 0 Å². The Morgan fingerprint density at radius 1 is 1.14 bits per heavy atom. The maximum atomic E-state index is 11.9. The first-order valence-electron chi connectivity index (χ1n) is 7.84. The van der Waals surface area contributed by atoms with E-state index in [4.69, 9.17) is 16.6 Å². The fourth-order valence-electron chi connectivity index (χ4n) is 4.92. The first-order chi connectivity index (χ1) is 10.2. The minimum atomic E-state index is -0.277. The lowest BCUT2D eigenvalue weighted by Gasteiger charge is -2.54. The van der Waals surface area contributed by atoms with E-state index < -0.39 is 0 Å². The SMILES string of the molecule is O=C(NC(=S)NC1C2CC3CC(C2)CC1C3)c1ccco1. The molecule has 1 heterocycles. The van der Waals surface area contributed by atoms with Crippen molar-refractivity contribution in [2.24, 2.45) is 23.7 Å². The van der Waals surface area contributed by atoms with Gasteiger partial charge >= 0.3 is 0 Å². The van der Waals surface area contributed by atoms with Gasteiger partial charge in [0.25, 0.3) is 5.91 Å². The Bertz CT molecular complexity index is 527. The van der Waals surface area contributed by atoms with Crippen LogP contribution in [0.1, 0.15) is 42.7 Å². The predicted molar refractivity (Wildman–Crippen MR) is 82.7 cm³/mol. The van der Waals surface area contributed by atoms with E-state index in [0.29, 0.717) is 16.9 Å². The van der Waals surface area contributed by atoms with E-state index in [1.807, 2.05) is 0 Å². The van der Waals surface area contributed by atoms with E-state index in [-0.39, 0.29) is 5.91 Å². The summed E-state index contributed by atoms with van der Waals surface area (Å²) in [5.41, 5.74) is 0. The highest BCUT2D eigenvalue weighted by Crippen LogP contribution is 2.53. The van der Waals surface area contributed by atoms with Gasteiger partial charge in [-0.15, -0.1) is 0 Å². The second kappa shape index (κ2) is 5.13. The Hall–Kier alpha value is -1.36. The van der Waals surface area contributed by atoms with Gasteiger partial charge in [-0.3, -0.25) is 10.1 Å². The van der Waals surface area contributed by atoms with Crippen LogP contribution in [0.4, 0.5) is 0 Å². The lowest BCUT2D eigenvalue weighted by atomic mass is 9.54. The summed E-state index contributed by atoms with van der Waals surface area (Å²) in [6.45, 7) is 0. The van der Waals surface area contributed by atoms with Crippen molar-refractivity contribution in [1.82, 2.24) is 10.6 Å². The zero-order valence-corrected chi connectivity index (χ0v) is 12.7. The third kappa shape index (κ3) is 2.48. The molecule has 4 fully saturated rings. The van der Waals surface area contributed by atoms with Crippen LogP contribution in [0.2, 0.25) is 0 Å². The van der Waals surface area contributed by atoms with E-state index >= 15 is 0 Å².